The Labute approximate surface area is 204 Å². The van der Waals surface area contributed by atoms with Gasteiger partial charge in [-0.3, -0.25) is 14.6 Å². The second-order valence-electron chi connectivity index (χ2n) is 9.98. The van der Waals surface area contributed by atoms with Crippen molar-refractivity contribution < 1.29 is 9.59 Å². The van der Waals surface area contributed by atoms with E-state index in [2.05, 4.69) is 9.88 Å². The van der Waals surface area contributed by atoms with Crippen LogP contribution in [0.5, 0.6) is 0 Å². The molecular weight excluding hydrogens is 448 g/mol. The van der Waals surface area contributed by atoms with Gasteiger partial charge in [0.15, 0.2) is 0 Å². The number of amides is 3. The highest BCUT2D eigenvalue weighted by Gasteiger charge is 2.60. The Morgan fingerprint density at radius 1 is 1.03 bits per heavy atom. The lowest BCUT2D eigenvalue weighted by molar-refractivity contribution is -0.133. The molecule has 1 aromatic heterocycles. The van der Waals surface area contributed by atoms with Gasteiger partial charge in [0.25, 0.3) is 5.91 Å². The van der Waals surface area contributed by atoms with Gasteiger partial charge in [0, 0.05) is 41.1 Å². The van der Waals surface area contributed by atoms with Crippen LogP contribution >= 0.6 is 11.6 Å². The SMILES string of the molecule is C[C@@]12Cc3c([nH]c4ccc(Cl)cc34)[C@@H](c3ccccc3)N1C(=O)N(CCN1CCCCC1)C2=O. The second kappa shape index (κ2) is 8.14. The number of imide groups is 1. The molecule has 3 aliphatic rings. The minimum atomic E-state index is -0.941. The number of halogens is 1. The normalized spacial score (nSPS) is 25.2. The minimum Gasteiger partial charge on any atom is -0.356 e. The largest absolute Gasteiger partial charge is 0.356 e. The van der Waals surface area contributed by atoms with Crippen LogP contribution in [0.1, 0.15) is 49.0 Å². The van der Waals surface area contributed by atoms with Crippen molar-refractivity contribution in [2.75, 3.05) is 26.2 Å². The Balaban J connectivity index is 1.43. The van der Waals surface area contributed by atoms with E-state index < -0.39 is 5.54 Å². The second-order valence-corrected chi connectivity index (χ2v) is 10.4. The van der Waals surface area contributed by atoms with Gasteiger partial charge in [0.2, 0.25) is 0 Å². The number of H-pyrrole nitrogens is 1. The number of carbonyl (C=O) groups excluding carboxylic acids is 2. The summed E-state index contributed by atoms with van der Waals surface area (Å²) in [4.78, 5) is 37.0. The number of aromatic nitrogens is 1. The molecule has 0 aliphatic carbocycles. The summed E-state index contributed by atoms with van der Waals surface area (Å²) >= 11 is 6.35. The number of piperidine rings is 1. The Bertz CT molecular complexity index is 1270. The molecule has 34 heavy (non-hydrogen) atoms. The number of hydrogen-bond donors (Lipinski definition) is 1. The summed E-state index contributed by atoms with van der Waals surface area (Å²) in [6.45, 7) is 5.19. The zero-order valence-corrected chi connectivity index (χ0v) is 20.1. The van der Waals surface area contributed by atoms with E-state index in [1.54, 1.807) is 0 Å². The number of fused-ring (bicyclic) bond motifs is 4. The molecule has 0 radical (unpaired) electrons. The van der Waals surface area contributed by atoms with Gasteiger partial charge >= 0.3 is 6.03 Å². The first-order valence-corrected chi connectivity index (χ1v) is 12.6. The molecule has 0 spiro atoms. The number of urea groups is 1. The third-order valence-corrected chi connectivity index (χ3v) is 8.07. The molecule has 7 heteroatoms. The number of carbonyl (C=O) groups is 2. The number of nitrogens with zero attached hydrogens (tertiary/aromatic N) is 3. The molecule has 176 valence electrons. The molecule has 2 saturated heterocycles. The molecule has 3 amide bonds. The molecule has 0 bridgehead atoms. The average molecular weight is 477 g/mol. The minimum absolute atomic E-state index is 0.0996. The molecule has 1 N–H and O–H groups in total. The summed E-state index contributed by atoms with van der Waals surface area (Å²) in [5.74, 6) is -0.0996. The number of likely N-dealkylation sites (tertiary alicyclic amines) is 1. The Morgan fingerprint density at radius 2 is 1.79 bits per heavy atom. The first kappa shape index (κ1) is 21.7. The summed E-state index contributed by atoms with van der Waals surface area (Å²) < 4.78 is 0. The van der Waals surface area contributed by atoms with Gasteiger partial charge in [0.05, 0.1) is 0 Å². The topological polar surface area (TPSA) is 59.7 Å². The van der Waals surface area contributed by atoms with E-state index in [1.165, 1.54) is 24.2 Å². The van der Waals surface area contributed by atoms with Crippen molar-refractivity contribution >= 4 is 34.4 Å². The fraction of sp³-hybridized carbons (Fsp3) is 0.407. The third-order valence-electron chi connectivity index (χ3n) is 7.83. The van der Waals surface area contributed by atoms with Gasteiger partial charge in [-0.25, -0.2) is 4.79 Å². The lowest BCUT2D eigenvalue weighted by Crippen LogP contribution is -2.53. The van der Waals surface area contributed by atoms with Gasteiger partial charge in [-0.15, -0.1) is 0 Å². The van der Waals surface area contributed by atoms with Crippen molar-refractivity contribution in [3.8, 4) is 0 Å². The lowest BCUT2D eigenvalue weighted by Gasteiger charge is -2.42. The van der Waals surface area contributed by atoms with E-state index >= 15 is 0 Å². The van der Waals surface area contributed by atoms with Crippen LogP contribution in [-0.2, 0) is 11.2 Å². The van der Waals surface area contributed by atoms with Crippen molar-refractivity contribution in [1.29, 1.82) is 0 Å². The predicted molar refractivity (Wildman–Crippen MR) is 133 cm³/mol. The van der Waals surface area contributed by atoms with E-state index in [1.807, 2.05) is 60.4 Å². The van der Waals surface area contributed by atoms with Crippen LogP contribution in [0.25, 0.3) is 10.9 Å². The van der Waals surface area contributed by atoms with Crippen LogP contribution in [0.15, 0.2) is 48.5 Å². The standard InChI is InChI=1S/C27H29ClN4O2/c1-27-17-21-20-16-19(28)10-11-22(20)29-23(21)24(18-8-4-2-5-9-18)32(27)26(34)31(25(27)33)15-14-30-12-6-3-7-13-30/h2,4-5,8-11,16,24,29H,3,6-7,12-15,17H2,1H3/t24-,27+/m1/s1. The molecule has 3 aromatic rings. The van der Waals surface area contributed by atoms with E-state index in [0.29, 0.717) is 18.0 Å². The summed E-state index contributed by atoms with van der Waals surface area (Å²) in [6, 6.07) is 15.2. The van der Waals surface area contributed by atoms with Crippen LogP contribution < -0.4 is 0 Å². The molecule has 6 nitrogen and oxygen atoms in total. The highest BCUT2D eigenvalue weighted by atomic mass is 35.5. The number of benzene rings is 2. The van der Waals surface area contributed by atoms with Crippen LogP contribution in [0, 0.1) is 0 Å². The van der Waals surface area contributed by atoms with Crippen LogP contribution in [0.2, 0.25) is 5.02 Å². The maximum atomic E-state index is 13.9. The van der Waals surface area contributed by atoms with Crippen LogP contribution in [-0.4, -0.2) is 63.3 Å². The molecule has 6 rings (SSSR count). The Hall–Kier alpha value is -2.83. The molecule has 2 fully saturated rings. The van der Waals surface area contributed by atoms with Crippen LogP contribution in [0.3, 0.4) is 0 Å². The third kappa shape index (κ3) is 3.27. The smallest absolute Gasteiger partial charge is 0.328 e. The van der Waals surface area contributed by atoms with E-state index in [9.17, 15) is 9.59 Å². The molecule has 2 atom stereocenters. The van der Waals surface area contributed by atoms with Crippen LogP contribution in [0.4, 0.5) is 4.79 Å². The van der Waals surface area contributed by atoms with Gasteiger partial charge in [-0.2, -0.15) is 0 Å². The van der Waals surface area contributed by atoms with E-state index in [0.717, 1.165) is 47.4 Å². The van der Waals surface area contributed by atoms with Gasteiger partial charge in [-0.1, -0.05) is 48.4 Å². The van der Waals surface area contributed by atoms with Crippen molar-refractivity contribution in [2.24, 2.45) is 0 Å². The molecule has 2 aromatic carbocycles. The highest BCUT2D eigenvalue weighted by molar-refractivity contribution is 6.31. The monoisotopic (exact) mass is 476 g/mol. The molecule has 4 heterocycles. The van der Waals surface area contributed by atoms with E-state index in [-0.39, 0.29) is 18.0 Å². The quantitative estimate of drug-likeness (QED) is 0.540. The summed E-state index contributed by atoms with van der Waals surface area (Å²) in [6.07, 6.45) is 4.10. The van der Waals surface area contributed by atoms with Crippen molar-refractivity contribution in [2.45, 2.75) is 44.2 Å². The maximum absolute atomic E-state index is 13.9. The first-order valence-electron chi connectivity index (χ1n) is 12.2. The number of hydrogen-bond acceptors (Lipinski definition) is 3. The van der Waals surface area contributed by atoms with Crippen molar-refractivity contribution in [3.05, 3.63) is 70.4 Å². The summed E-state index contributed by atoms with van der Waals surface area (Å²) in [5.41, 5.74) is 3.07. The number of rotatable bonds is 4. The average Bonchev–Trinajstić information content (AvgIpc) is 3.29. The Kier molecular flexibility index (Phi) is 5.19. The maximum Gasteiger partial charge on any atom is 0.328 e. The molecule has 0 unspecified atom stereocenters. The number of nitrogens with one attached hydrogen (secondary N) is 1. The highest BCUT2D eigenvalue weighted by Crippen LogP contribution is 2.48. The van der Waals surface area contributed by atoms with E-state index in [4.69, 9.17) is 11.6 Å². The first-order chi connectivity index (χ1) is 16.5. The lowest BCUT2D eigenvalue weighted by atomic mass is 9.81. The fourth-order valence-electron chi connectivity index (χ4n) is 6.09. The zero-order chi connectivity index (χ0) is 23.4. The van der Waals surface area contributed by atoms with Crippen molar-refractivity contribution in [3.63, 3.8) is 0 Å². The molecule has 3 aliphatic heterocycles. The summed E-state index contributed by atoms with van der Waals surface area (Å²) in [7, 11) is 0. The zero-order valence-electron chi connectivity index (χ0n) is 19.4. The molecule has 0 saturated carbocycles. The van der Waals surface area contributed by atoms with Crippen molar-refractivity contribution in [1.82, 2.24) is 19.7 Å². The number of aromatic amines is 1. The molecular formula is C27H29ClN4O2. The fourth-order valence-corrected chi connectivity index (χ4v) is 6.26. The Morgan fingerprint density at radius 3 is 2.56 bits per heavy atom. The van der Waals surface area contributed by atoms with Gasteiger partial charge in [0.1, 0.15) is 11.6 Å². The van der Waals surface area contributed by atoms with Gasteiger partial charge < -0.3 is 9.88 Å². The van der Waals surface area contributed by atoms with Gasteiger partial charge in [-0.05, 0) is 62.2 Å². The summed E-state index contributed by atoms with van der Waals surface area (Å²) in [5, 5.41) is 1.69. The predicted octanol–water partition coefficient (Wildman–Crippen LogP) is 4.98.